The zero-order chi connectivity index (χ0) is 14.5. The van der Waals surface area contributed by atoms with Crippen molar-refractivity contribution in [2.75, 3.05) is 6.54 Å². The maximum absolute atomic E-state index is 6.18. The number of nitrogens with one attached hydrogen (secondary N) is 1. The molecule has 0 aliphatic rings. The van der Waals surface area contributed by atoms with E-state index < -0.39 is 0 Å². The predicted octanol–water partition coefficient (Wildman–Crippen LogP) is 5.82. The van der Waals surface area contributed by atoms with E-state index in [1.54, 1.807) is 11.3 Å². The summed E-state index contributed by atoms with van der Waals surface area (Å²) in [5.41, 5.74) is 2.66. The van der Waals surface area contributed by atoms with Crippen LogP contribution in [0.1, 0.15) is 42.3 Å². The molecule has 1 aromatic heterocycles. The van der Waals surface area contributed by atoms with Crippen LogP contribution in [0.4, 0.5) is 0 Å². The van der Waals surface area contributed by atoms with E-state index in [1.807, 2.05) is 0 Å². The number of aryl methyl sites for hydroxylation is 1. The van der Waals surface area contributed by atoms with Crippen LogP contribution in [-0.4, -0.2) is 6.54 Å². The number of halogens is 2. The molecule has 0 aliphatic heterocycles. The molecule has 2 rings (SSSR count). The molecule has 1 atom stereocenters. The van der Waals surface area contributed by atoms with Gasteiger partial charge in [0.25, 0.3) is 0 Å². The molecule has 0 fully saturated rings. The summed E-state index contributed by atoms with van der Waals surface area (Å²) >= 11 is 11.4. The van der Waals surface area contributed by atoms with E-state index in [0.29, 0.717) is 0 Å². The Hall–Kier alpha value is -0.350. The van der Waals surface area contributed by atoms with Crippen molar-refractivity contribution in [2.45, 2.75) is 32.7 Å². The maximum Gasteiger partial charge on any atom is 0.0888 e. The van der Waals surface area contributed by atoms with Crippen LogP contribution in [0.2, 0.25) is 5.02 Å². The predicted molar refractivity (Wildman–Crippen MR) is 93.0 cm³/mol. The quantitative estimate of drug-likeness (QED) is 0.674. The topological polar surface area (TPSA) is 12.0 Å². The summed E-state index contributed by atoms with van der Waals surface area (Å²) in [6.45, 7) is 5.35. The third kappa shape index (κ3) is 3.85. The van der Waals surface area contributed by atoms with Crippen molar-refractivity contribution in [1.82, 2.24) is 5.32 Å². The zero-order valence-corrected chi connectivity index (χ0v) is 14.9. The first-order valence-corrected chi connectivity index (χ1v) is 8.91. The molecule has 1 N–H and O–H groups in total. The van der Waals surface area contributed by atoms with Gasteiger partial charge >= 0.3 is 0 Å². The van der Waals surface area contributed by atoms with Gasteiger partial charge in [-0.15, -0.1) is 11.3 Å². The first-order valence-electron chi connectivity index (χ1n) is 6.92. The lowest BCUT2D eigenvalue weighted by molar-refractivity contribution is 0.606. The fourth-order valence-corrected chi connectivity index (χ4v) is 3.97. The van der Waals surface area contributed by atoms with Gasteiger partial charge in [-0.1, -0.05) is 49.7 Å². The number of rotatable bonds is 6. The zero-order valence-electron chi connectivity index (χ0n) is 11.7. The van der Waals surface area contributed by atoms with Gasteiger partial charge in [0.1, 0.15) is 0 Å². The third-order valence-electron chi connectivity index (χ3n) is 3.27. The fraction of sp³-hybridized carbons (Fsp3) is 0.375. The Morgan fingerprint density at radius 3 is 2.45 bits per heavy atom. The molecule has 0 bridgehead atoms. The molecule has 1 aromatic carbocycles. The summed E-state index contributed by atoms with van der Waals surface area (Å²) < 4.78 is 1.00. The Labute approximate surface area is 138 Å². The molecular formula is C16H19BrClNS. The minimum atomic E-state index is 0.217. The Bertz CT molecular complexity index is 531. The van der Waals surface area contributed by atoms with Crippen LogP contribution in [0, 0.1) is 0 Å². The lowest BCUT2D eigenvalue weighted by Gasteiger charge is -2.18. The molecule has 1 unspecified atom stereocenters. The Balaban J connectivity index is 2.30. The number of hydrogen-bond donors (Lipinski definition) is 1. The van der Waals surface area contributed by atoms with Crippen molar-refractivity contribution in [3.05, 3.63) is 55.1 Å². The minimum absolute atomic E-state index is 0.217. The second kappa shape index (κ2) is 7.60. The Morgan fingerprint density at radius 1 is 1.25 bits per heavy atom. The highest BCUT2D eigenvalue weighted by Gasteiger charge is 2.17. The van der Waals surface area contributed by atoms with Crippen LogP contribution in [0.3, 0.4) is 0 Å². The van der Waals surface area contributed by atoms with Crippen molar-refractivity contribution < 1.29 is 0 Å². The minimum Gasteiger partial charge on any atom is -0.306 e. The molecule has 108 valence electrons. The first kappa shape index (κ1) is 16.0. The summed E-state index contributed by atoms with van der Waals surface area (Å²) in [6, 6.07) is 11.1. The average molecular weight is 373 g/mol. The summed E-state index contributed by atoms with van der Waals surface area (Å²) in [7, 11) is 0. The summed E-state index contributed by atoms with van der Waals surface area (Å²) in [4.78, 5) is 1.25. The fourth-order valence-electron chi connectivity index (χ4n) is 2.12. The monoisotopic (exact) mass is 371 g/mol. The largest absolute Gasteiger partial charge is 0.306 e. The van der Waals surface area contributed by atoms with Gasteiger partial charge in [-0.25, -0.2) is 0 Å². The van der Waals surface area contributed by atoms with Crippen LogP contribution < -0.4 is 5.32 Å². The molecule has 4 heteroatoms. The molecule has 1 nitrogen and oxygen atoms in total. The molecule has 2 aromatic rings. The normalized spacial score (nSPS) is 12.6. The van der Waals surface area contributed by atoms with E-state index in [1.165, 1.54) is 16.0 Å². The second-order valence-corrected chi connectivity index (χ2v) is 7.56. The van der Waals surface area contributed by atoms with E-state index >= 15 is 0 Å². The van der Waals surface area contributed by atoms with Gasteiger partial charge in [-0.3, -0.25) is 0 Å². The average Bonchev–Trinajstić information content (AvgIpc) is 2.79. The van der Waals surface area contributed by atoms with Crippen molar-refractivity contribution >= 4 is 38.9 Å². The van der Waals surface area contributed by atoms with Crippen LogP contribution in [-0.2, 0) is 6.42 Å². The molecule has 0 amide bonds. The van der Waals surface area contributed by atoms with E-state index in [4.69, 9.17) is 11.6 Å². The van der Waals surface area contributed by atoms with Crippen LogP contribution in [0.5, 0.6) is 0 Å². The van der Waals surface area contributed by atoms with Crippen molar-refractivity contribution in [1.29, 1.82) is 0 Å². The summed E-state index contributed by atoms with van der Waals surface area (Å²) in [5.74, 6) is 0. The van der Waals surface area contributed by atoms with Crippen molar-refractivity contribution in [2.24, 2.45) is 0 Å². The Kier molecular flexibility index (Phi) is 6.09. The smallest absolute Gasteiger partial charge is 0.0888 e. The lowest BCUT2D eigenvalue weighted by atomic mass is 10.0. The lowest BCUT2D eigenvalue weighted by Crippen LogP contribution is -2.22. The van der Waals surface area contributed by atoms with Gasteiger partial charge in [-0.05, 0) is 52.5 Å². The van der Waals surface area contributed by atoms with E-state index in [-0.39, 0.29) is 6.04 Å². The van der Waals surface area contributed by atoms with Gasteiger partial charge < -0.3 is 5.32 Å². The standard InChI is InChI=1S/C16H19BrClNS/c1-3-9-19-15(14-10-13(18)16(17)20-14)12-7-5-11(4-2)6-8-12/h5-8,10,15,19H,3-4,9H2,1-2H3. The molecular weight excluding hydrogens is 354 g/mol. The van der Waals surface area contributed by atoms with Crippen LogP contribution in [0.15, 0.2) is 34.1 Å². The highest BCUT2D eigenvalue weighted by Crippen LogP contribution is 2.37. The number of benzene rings is 1. The highest BCUT2D eigenvalue weighted by molar-refractivity contribution is 9.11. The molecule has 0 radical (unpaired) electrons. The van der Waals surface area contributed by atoms with Crippen LogP contribution >= 0.6 is 38.9 Å². The van der Waals surface area contributed by atoms with Gasteiger partial charge in [0.15, 0.2) is 0 Å². The van der Waals surface area contributed by atoms with Crippen molar-refractivity contribution in [3.63, 3.8) is 0 Å². The number of hydrogen-bond acceptors (Lipinski definition) is 2. The van der Waals surface area contributed by atoms with Crippen LogP contribution in [0.25, 0.3) is 0 Å². The molecule has 1 heterocycles. The van der Waals surface area contributed by atoms with Gasteiger partial charge in [0, 0.05) is 4.88 Å². The van der Waals surface area contributed by atoms with E-state index in [9.17, 15) is 0 Å². The molecule has 0 saturated carbocycles. The molecule has 0 aliphatic carbocycles. The first-order chi connectivity index (χ1) is 9.65. The molecule has 20 heavy (non-hydrogen) atoms. The Morgan fingerprint density at radius 2 is 1.95 bits per heavy atom. The third-order valence-corrected chi connectivity index (χ3v) is 5.81. The van der Waals surface area contributed by atoms with Gasteiger partial charge in [0.05, 0.1) is 14.9 Å². The van der Waals surface area contributed by atoms with E-state index in [2.05, 4.69) is 65.4 Å². The van der Waals surface area contributed by atoms with Gasteiger partial charge in [0.2, 0.25) is 0 Å². The SMILES string of the molecule is CCCNC(c1ccc(CC)cc1)c1cc(Cl)c(Br)s1. The molecule has 0 spiro atoms. The highest BCUT2D eigenvalue weighted by atomic mass is 79.9. The number of thiophene rings is 1. The van der Waals surface area contributed by atoms with Crippen molar-refractivity contribution in [3.8, 4) is 0 Å². The molecule has 0 saturated heterocycles. The second-order valence-electron chi connectivity index (χ2n) is 4.75. The summed E-state index contributed by atoms with van der Waals surface area (Å²) in [6.07, 6.45) is 2.19. The van der Waals surface area contributed by atoms with E-state index in [0.717, 1.165) is 28.2 Å². The maximum atomic E-state index is 6.18. The summed E-state index contributed by atoms with van der Waals surface area (Å²) in [5, 5.41) is 4.40. The van der Waals surface area contributed by atoms with Gasteiger partial charge in [-0.2, -0.15) is 0 Å².